The van der Waals surface area contributed by atoms with E-state index in [0.717, 1.165) is 27.6 Å². The van der Waals surface area contributed by atoms with Crippen LogP contribution in [0.4, 0.5) is 0 Å². The van der Waals surface area contributed by atoms with Crippen LogP contribution in [0, 0.1) is 0 Å². The zero-order valence-electron chi connectivity index (χ0n) is 15.2. The number of rotatable bonds is 6. The monoisotopic (exact) mass is 412 g/mol. The van der Waals surface area contributed by atoms with Crippen molar-refractivity contribution in [2.24, 2.45) is 0 Å². The summed E-state index contributed by atoms with van der Waals surface area (Å²) in [5, 5.41) is 7.74. The first kappa shape index (κ1) is 18.8. The van der Waals surface area contributed by atoms with Gasteiger partial charge in [-0.2, -0.15) is 0 Å². The Morgan fingerprint density at radius 2 is 2.07 bits per heavy atom. The molecule has 0 aliphatic carbocycles. The summed E-state index contributed by atoms with van der Waals surface area (Å²) in [6.45, 7) is 1.02. The predicted molar refractivity (Wildman–Crippen MR) is 110 cm³/mol. The lowest BCUT2D eigenvalue weighted by Crippen LogP contribution is -2.46. The molecule has 3 aromatic rings. The number of hydrogen-bond acceptors (Lipinski definition) is 6. The van der Waals surface area contributed by atoms with Crippen molar-refractivity contribution in [2.45, 2.75) is 31.8 Å². The first-order valence-electron chi connectivity index (χ1n) is 9.15. The highest BCUT2D eigenvalue weighted by molar-refractivity contribution is 7.10. The summed E-state index contributed by atoms with van der Waals surface area (Å²) in [4.78, 5) is 36.6. The maximum absolute atomic E-state index is 12.7. The second kappa shape index (κ2) is 8.62. The number of carbonyl (C=O) groups excluding carboxylic acids is 2. The summed E-state index contributed by atoms with van der Waals surface area (Å²) in [6.07, 6.45) is 5.40. The molecule has 1 aliphatic heterocycles. The van der Waals surface area contributed by atoms with Gasteiger partial charge in [-0.05, 0) is 36.4 Å². The Balaban J connectivity index is 1.34. The number of thiophene rings is 1. The minimum absolute atomic E-state index is 0.0225. The third-order valence-corrected chi connectivity index (χ3v) is 6.45. The molecule has 0 aromatic carbocycles. The van der Waals surface area contributed by atoms with Gasteiger partial charge in [-0.25, -0.2) is 4.98 Å². The maximum atomic E-state index is 12.7. The molecule has 1 aliphatic rings. The van der Waals surface area contributed by atoms with Crippen LogP contribution in [-0.2, 0) is 22.6 Å². The molecule has 3 aromatic heterocycles. The molecule has 1 fully saturated rings. The van der Waals surface area contributed by atoms with Crippen molar-refractivity contribution in [2.75, 3.05) is 6.54 Å². The second-order valence-electron chi connectivity index (χ2n) is 6.58. The summed E-state index contributed by atoms with van der Waals surface area (Å²) < 4.78 is 0. The van der Waals surface area contributed by atoms with Crippen molar-refractivity contribution in [3.05, 3.63) is 57.3 Å². The summed E-state index contributed by atoms with van der Waals surface area (Å²) >= 11 is 3.08. The van der Waals surface area contributed by atoms with Gasteiger partial charge < -0.3 is 10.2 Å². The van der Waals surface area contributed by atoms with E-state index in [4.69, 9.17) is 0 Å². The first-order chi connectivity index (χ1) is 13.7. The number of nitrogens with one attached hydrogen (secondary N) is 1. The molecule has 0 saturated carbocycles. The number of aromatic nitrogens is 2. The van der Waals surface area contributed by atoms with Crippen molar-refractivity contribution < 1.29 is 9.59 Å². The predicted octanol–water partition coefficient (Wildman–Crippen LogP) is 3.12. The highest BCUT2D eigenvalue weighted by atomic mass is 32.1. The number of pyridine rings is 1. The second-order valence-corrected chi connectivity index (χ2v) is 8.56. The molecule has 0 radical (unpaired) electrons. The minimum Gasteiger partial charge on any atom is -0.348 e. The molecule has 144 valence electrons. The standard InChI is InChI=1S/C20H20N4O2S2/c25-19(11-15-3-2-10-27-15)24-9-1-4-17(24)20(26)22-12-18-23-16(13-28-18)14-5-7-21-8-6-14/h2-3,5-8,10,13,17H,1,4,9,11-12H2,(H,22,26). The van der Waals surface area contributed by atoms with Crippen LogP contribution in [-0.4, -0.2) is 39.3 Å². The molecular formula is C20H20N4O2S2. The smallest absolute Gasteiger partial charge is 0.243 e. The van der Waals surface area contributed by atoms with Crippen LogP contribution in [0.1, 0.15) is 22.7 Å². The molecule has 4 rings (SSSR count). The molecule has 4 heterocycles. The maximum Gasteiger partial charge on any atom is 0.243 e. The summed E-state index contributed by atoms with van der Waals surface area (Å²) in [5.74, 6) is -0.0768. The van der Waals surface area contributed by atoms with Crippen LogP contribution >= 0.6 is 22.7 Å². The largest absolute Gasteiger partial charge is 0.348 e. The Labute approximate surface area is 171 Å². The van der Waals surface area contributed by atoms with Crippen molar-refractivity contribution in [1.82, 2.24) is 20.2 Å². The Hall–Kier alpha value is -2.58. The van der Waals surface area contributed by atoms with Crippen LogP contribution in [0.3, 0.4) is 0 Å². The quantitative estimate of drug-likeness (QED) is 0.675. The van der Waals surface area contributed by atoms with Crippen LogP contribution in [0.2, 0.25) is 0 Å². The molecule has 6 nitrogen and oxygen atoms in total. The fraction of sp³-hybridized carbons (Fsp3) is 0.300. The van der Waals surface area contributed by atoms with Gasteiger partial charge in [0, 0.05) is 34.8 Å². The van der Waals surface area contributed by atoms with Gasteiger partial charge in [0.25, 0.3) is 0 Å². The molecule has 1 unspecified atom stereocenters. The Bertz CT molecular complexity index is 940. The van der Waals surface area contributed by atoms with E-state index in [-0.39, 0.29) is 17.9 Å². The van der Waals surface area contributed by atoms with Gasteiger partial charge in [0.2, 0.25) is 11.8 Å². The number of amides is 2. The molecule has 2 amide bonds. The summed E-state index contributed by atoms with van der Waals surface area (Å²) in [7, 11) is 0. The van der Waals surface area contributed by atoms with Gasteiger partial charge in [-0.3, -0.25) is 14.6 Å². The number of thiazole rings is 1. The molecule has 1 atom stereocenters. The molecule has 1 saturated heterocycles. The number of hydrogen-bond donors (Lipinski definition) is 1. The van der Waals surface area contributed by atoms with Crippen LogP contribution in [0.15, 0.2) is 47.4 Å². The number of nitrogens with zero attached hydrogens (tertiary/aromatic N) is 3. The van der Waals surface area contributed by atoms with E-state index in [1.165, 1.54) is 11.3 Å². The Kier molecular flexibility index (Phi) is 5.78. The minimum atomic E-state index is -0.382. The fourth-order valence-electron chi connectivity index (χ4n) is 3.33. The average Bonchev–Trinajstić information content (AvgIpc) is 3.48. The summed E-state index contributed by atoms with van der Waals surface area (Å²) in [6, 6.07) is 7.33. The van der Waals surface area contributed by atoms with Crippen molar-refractivity contribution in [3.8, 4) is 11.3 Å². The van der Waals surface area contributed by atoms with E-state index in [1.54, 1.807) is 28.6 Å². The molecule has 1 N–H and O–H groups in total. The molecule has 0 bridgehead atoms. The van der Waals surface area contributed by atoms with Crippen LogP contribution in [0.5, 0.6) is 0 Å². The normalized spacial score (nSPS) is 16.3. The third kappa shape index (κ3) is 4.28. The molecule has 28 heavy (non-hydrogen) atoms. The van der Waals surface area contributed by atoms with E-state index in [9.17, 15) is 9.59 Å². The van der Waals surface area contributed by atoms with Gasteiger partial charge in [0.15, 0.2) is 0 Å². The zero-order valence-corrected chi connectivity index (χ0v) is 16.8. The van der Waals surface area contributed by atoms with Gasteiger partial charge in [-0.1, -0.05) is 6.07 Å². The third-order valence-electron chi connectivity index (χ3n) is 4.72. The van der Waals surface area contributed by atoms with Gasteiger partial charge in [0.1, 0.15) is 11.0 Å². The van der Waals surface area contributed by atoms with E-state index in [1.807, 2.05) is 35.0 Å². The van der Waals surface area contributed by atoms with E-state index < -0.39 is 0 Å². The van der Waals surface area contributed by atoms with Crippen molar-refractivity contribution in [3.63, 3.8) is 0 Å². The molecule has 0 spiro atoms. The van der Waals surface area contributed by atoms with Crippen molar-refractivity contribution in [1.29, 1.82) is 0 Å². The Morgan fingerprint density at radius 1 is 1.21 bits per heavy atom. The highest BCUT2D eigenvalue weighted by Crippen LogP contribution is 2.22. The Morgan fingerprint density at radius 3 is 2.86 bits per heavy atom. The van der Waals surface area contributed by atoms with Gasteiger partial charge >= 0.3 is 0 Å². The molecule has 8 heteroatoms. The highest BCUT2D eigenvalue weighted by Gasteiger charge is 2.33. The number of likely N-dealkylation sites (tertiary alicyclic amines) is 1. The first-order valence-corrected chi connectivity index (χ1v) is 10.9. The summed E-state index contributed by atoms with van der Waals surface area (Å²) in [5.41, 5.74) is 1.88. The lowest BCUT2D eigenvalue weighted by atomic mass is 10.2. The lowest BCUT2D eigenvalue weighted by molar-refractivity contribution is -0.138. The van der Waals surface area contributed by atoms with Crippen LogP contribution in [0.25, 0.3) is 11.3 Å². The van der Waals surface area contributed by atoms with Gasteiger partial charge in [0.05, 0.1) is 18.7 Å². The SMILES string of the molecule is O=C(NCc1nc(-c2ccncc2)cs1)C1CCCN1C(=O)Cc1cccs1. The average molecular weight is 413 g/mol. The fourth-order valence-corrected chi connectivity index (χ4v) is 4.77. The molecular weight excluding hydrogens is 392 g/mol. The lowest BCUT2D eigenvalue weighted by Gasteiger charge is -2.23. The van der Waals surface area contributed by atoms with E-state index in [2.05, 4.69) is 15.3 Å². The topological polar surface area (TPSA) is 75.2 Å². The van der Waals surface area contributed by atoms with Crippen LogP contribution < -0.4 is 5.32 Å². The van der Waals surface area contributed by atoms with E-state index >= 15 is 0 Å². The van der Waals surface area contributed by atoms with E-state index in [0.29, 0.717) is 25.9 Å². The van der Waals surface area contributed by atoms with Crippen molar-refractivity contribution >= 4 is 34.5 Å². The van der Waals surface area contributed by atoms with Gasteiger partial charge in [-0.15, -0.1) is 22.7 Å². The number of carbonyl (C=O) groups is 2. The zero-order chi connectivity index (χ0) is 19.3.